The SMILES string of the molecule is Cc1cc(C)cc(-c2cccc(-c3ccccc3)c2C2OC2c2ccccc2)c1. The van der Waals surface area contributed by atoms with Crippen molar-refractivity contribution in [2.45, 2.75) is 26.1 Å². The second-order valence-corrected chi connectivity index (χ2v) is 7.90. The number of benzene rings is 4. The van der Waals surface area contributed by atoms with Gasteiger partial charge < -0.3 is 4.74 Å². The molecule has 0 spiro atoms. The molecule has 0 radical (unpaired) electrons. The lowest BCUT2D eigenvalue weighted by atomic mass is 9.87. The molecule has 0 aromatic heterocycles. The first-order valence-electron chi connectivity index (χ1n) is 10.2. The Morgan fingerprint density at radius 1 is 0.552 bits per heavy atom. The molecule has 2 unspecified atom stereocenters. The van der Waals surface area contributed by atoms with Gasteiger partial charge in [-0.1, -0.05) is 108 Å². The zero-order valence-corrected chi connectivity index (χ0v) is 16.8. The number of hydrogen-bond donors (Lipinski definition) is 0. The summed E-state index contributed by atoms with van der Waals surface area (Å²) in [5, 5.41) is 0. The van der Waals surface area contributed by atoms with Gasteiger partial charge in [-0.2, -0.15) is 0 Å². The molecule has 5 rings (SSSR count). The molecule has 0 saturated carbocycles. The van der Waals surface area contributed by atoms with E-state index in [9.17, 15) is 0 Å². The molecule has 0 amide bonds. The van der Waals surface area contributed by atoms with E-state index in [-0.39, 0.29) is 12.2 Å². The second-order valence-electron chi connectivity index (χ2n) is 7.90. The molecule has 29 heavy (non-hydrogen) atoms. The van der Waals surface area contributed by atoms with Crippen molar-refractivity contribution < 1.29 is 4.74 Å². The van der Waals surface area contributed by atoms with Gasteiger partial charge in [-0.15, -0.1) is 0 Å². The first kappa shape index (κ1) is 17.9. The third-order valence-corrected chi connectivity index (χ3v) is 5.63. The van der Waals surface area contributed by atoms with Gasteiger partial charge in [-0.05, 0) is 47.2 Å². The van der Waals surface area contributed by atoms with Crippen molar-refractivity contribution in [3.8, 4) is 22.3 Å². The summed E-state index contributed by atoms with van der Waals surface area (Å²) in [6.07, 6.45) is 0.190. The molecular weight excluding hydrogens is 352 g/mol. The monoisotopic (exact) mass is 376 g/mol. The van der Waals surface area contributed by atoms with Gasteiger partial charge in [0.1, 0.15) is 12.2 Å². The van der Waals surface area contributed by atoms with E-state index < -0.39 is 0 Å². The third kappa shape index (κ3) is 3.50. The molecule has 1 aliphatic rings. The molecule has 1 aliphatic heterocycles. The quantitative estimate of drug-likeness (QED) is 0.337. The average molecular weight is 376 g/mol. The molecule has 1 heterocycles. The first-order valence-corrected chi connectivity index (χ1v) is 10.2. The standard InChI is InChI=1S/C28H24O/c1-19-16-20(2)18-23(17-19)25-15-9-14-24(21-10-5-3-6-11-21)26(25)28-27(29-28)22-12-7-4-8-13-22/h3-18,27-28H,1-2H3. The summed E-state index contributed by atoms with van der Waals surface area (Å²) in [7, 11) is 0. The summed E-state index contributed by atoms with van der Waals surface area (Å²) in [5.74, 6) is 0. The van der Waals surface area contributed by atoms with E-state index in [0.29, 0.717) is 0 Å². The van der Waals surface area contributed by atoms with Gasteiger partial charge in [0, 0.05) is 0 Å². The molecule has 1 saturated heterocycles. The second kappa shape index (κ2) is 7.35. The predicted molar refractivity (Wildman–Crippen MR) is 120 cm³/mol. The molecule has 0 N–H and O–H groups in total. The fourth-order valence-corrected chi connectivity index (χ4v) is 4.35. The van der Waals surface area contributed by atoms with Crippen molar-refractivity contribution in [2.24, 2.45) is 0 Å². The van der Waals surface area contributed by atoms with Crippen LogP contribution < -0.4 is 0 Å². The molecule has 1 nitrogen and oxygen atoms in total. The Balaban J connectivity index is 1.68. The van der Waals surface area contributed by atoms with Crippen LogP contribution in [0.2, 0.25) is 0 Å². The van der Waals surface area contributed by atoms with Gasteiger partial charge in [-0.25, -0.2) is 0 Å². The lowest BCUT2D eigenvalue weighted by Gasteiger charge is -2.15. The van der Waals surface area contributed by atoms with Crippen molar-refractivity contribution in [3.05, 3.63) is 119 Å². The smallest absolute Gasteiger partial charge is 0.115 e. The Labute approximate surface area is 172 Å². The van der Waals surface area contributed by atoms with E-state index >= 15 is 0 Å². The normalized spacial score (nSPS) is 17.9. The number of hydrogen-bond acceptors (Lipinski definition) is 1. The zero-order valence-electron chi connectivity index (χ0n) is 16.8. The van der Waals surface area contributed by atoms with Gasteiger partial charge in [0.15, 0.2) is 0 Å². The zero-order chi connectivity index (χ0) is 19.8. The number of rotatable bonds is 4. The van der Waals surface area contributed by atoms with Gasteiger partial charge in [-0.3, -0.25) is 0 Å². The summed E-state index contributed by atoms with van der Waals surface area (Å²) >= 11 is 0. The van der Waals surface area contributed by atoms with Crippen LogP contribution >= 0.6 is 0 Å². The van der Waals surface area contributed by atoms with Crippen molar-refractivity contribution in [3.63, 3.8) is 0 Å². The topological polar surface area (TPSA) is 12.5 Å². The minimum Gasteiger partial charge on any atom is -0.359 e. The molecule has 1 fully saturated rings. The fourth-order valence-electron chi connectivity index (χ4n) is 4.35. The van der Waals surface area contributed by atoms with Crippen LogP contribution in [0, 0.1) is 13.8 Å². The fraction of sp³-hybridized carbons (Fsp3) is 0.143. The molecule has 0 bridgehead atoms. The minimum atomic E-state index is 0.0737. The van der Waals surface area contributed by atoms with Crippen LogP contribution in [0.4, 0.5) is 0 Å². The Kier molecular flexibility index (Phi) is 4.54. The van der Waals surface area contributed by atoms with Gasteiger partial charge in [0.05, 0.1) is 0 Å². The first-order chi connectivity index (χ1) is 14.2. The van der Waals surface area contributed by atoms with E-state index in [2.05, 4.69) is 111 Å². The number of aryl methyl sites for hydroxylation is 2. The van der Waals surface area contributed by atoms with Crippen LogP contribution in [-0.4, -0.2) is 0 Å². The van der Waals surface area contributed by atoms with Crippen LogP contribution in [0.15, 0.2) is 97.1 Å². The van der Waals surface area contributed by atoms with Crippen LogP contribution in [0.1, 0.15) is 34.5 Å². The lowest BCUT2D eigenvalue weighted by Crippen LogP contribution is -1.95. The summed E-state index contributed by atoms with van der Waals surface area (Å²) < 4.78 is 6.27. The van der Waals surface area contributed by atoms with Gasteiger partial charge in [0.25, 0.3) is 0 Å². The maximum Gasteiger partial charge on any atom is 0.115 e. The Bertz CT molecular complexity index is 1130. The maximum atomic E-state index is 6.27. The molecule has 1 heteroatoms. The Morgan fingerprint density at radius 2 is 1.14 bits per heavy atom. The number of epoxide rings is 1. The van der Waals surface area contributed by atoms with Crippen molar-refractivity contribution in [2.75, 3.05) is 0 Å². The average Bonchev–Trinajstić information content (AvgIpc) is 3.54. The van der Waals surface area contributed by atoms with E-state index in [4.69, 9.17) is 4.74 Å². The Morgan fingerprint density at radius 3 is 1.79 bits per heavy atom. The molecule has 4 aromatic carbocycles. The Hall–Kier alpha value is -3.16. The largest absolute Gasteiger partial charge is 0.359 e. The van der Waals surface area contributed by atoms with Crippen LogP contribution in [0.5, 0.6) is 0 Å². The van der Waals surface area contributed by atoms with E-state index in [1.807, 2.05) is 0 Å². The molecule has 4 aromatic rings. The highest BCUT2D eigenvalue weighted by atomic mass is 16.6. The van der Waals surface area contributed by atoms with E-state index in [1.165, 1.54) is 44.5 Å². The summed E-state index contributed by atoms with van der Waals surface area (Å²) in [5.41, 5.74) is 10.1. The summed E-state index contributed by atoms with van der Waals surface area (Å²) in [6.45, 7) is 4.33. The van der Waals surface area contributed by atoms with Crippen LogP contribution in [-0.2, 0) is 4.74 Å². The summed E-state index contributed by atoms with van der Waals surface area (Å²) in [4.78, 5) is 0. The van der Waals surface area contributed by atoms with E-state index in [1.54, 1.807) is 0 Å². The lowest BCUT2D eigenvalue weighted by molar-refractivity contribution is 0.378. The molecular formula is C28H24O. The molecule has 142 valence electrons. The highest BCUT2D eigenvalue weighted by Crippen LogP contribution is 2.55. The predicted octanol–water partition coefficient (Wildman–Crippen LogP) is 7.45. The molecule has 2 atom stereocenters. The van der Waals surface area contributed by atoms with Crippen LogP contribution in [0.25, 0.3) is 22.3 Å². The van der Waals surface area contributed by atoms with Gasteiger partial charge >= 0.3 is 0 Å². The highest BCUT2D eigenvalue weighted by Gasteiger charge is 2.44. The van der Waals surface area contributed by atoms with Crippen LogP contribution in [0.3, 0.4) is 0 Å². The van der Waals surface area contributed by atoms with Gasteiger partial charge in [0.2, 0.25) is 0 Å². The summed E-state index contributed by atoms with van der Waals surface area (Å²) in [6, 6.07) is 34.6. The minimum absolute atomic E-state index is 0.0737. The third-order valence-electron chi connectivity index (χ3n) is 5.63. The van der Waals surface area contributed by atoms with Crippen molar-refractivity contribution in [1.29, 1.82) is 0 Å². The molecule has 0 aliphatic carbocycles. The van der Waals surface area contributed by atoms with Crippen molar-refractivity contribution >= 4 is 0 Å². The maximum absolute atomic E-state index is 6.27. The van der Waals surface area contributed by atoms with Crippen molar-refractivity contribution in [1.82, 2.24) is 0 Å². The van der Waals surface area contributed by atoms with E-state index in [0.717, 1.165) is 0 Å². The highest BCUT2D eigenvalue weighted by molar-refractivity contribution is 5.80. The number of ether oxygens (including phenoxy) is 1.